The summed E-state index contributed by atoms with van der Waals surface area (Å²) in [6.07, 6.45) is 3.67. The highest BCUT2D eigenvalue weighted by Gasteiger charge is 2.14. The highest BCUT2D eigenvalue weighted by atomic mass is 32.1. The molecule has 0 saturated carbocycles. The Bertz CT molecular complexity index is 988. The molecule has 0 spiro atoms. The van der Waals surface area contributed by atoms with Crippen LogP contribution in [0.2, 0.25) is 0 Å². The fraction of sp³-hybridized carbons (Fsp3) is 0.316. The molecule has 25 heavy (non-hydrogen) atoms. The van der Waals surface area contributed by atoms with Crippen molar-refractivity contribution in [2.45, 2.75) is 40.2 Å². The van der Waals surface area contributed by atoms with E-state index in [0.29, 0.717) is 16.2 Å². The molecule has 3 aromatic rings. The van der Waals surface area contributed by atoms with Crippen LogP contribution in [-0.2, 0) is 17.8 Å². The molecule has 0 N–H and O–H groups in total. The van der Waals surface area contributed by atoms with E-state index in [1.54, 1.807) is 12.3 Å². The molecule has 0 saturated heterocycles. The maximum Gasteiger partial charge on any atom is 0.348 e. The third kappa shape index (κ3) is 3.64. The summed E-state index contributed by atoms with van der Waals surface area (Å²) in [5, 5.41) is 0. The zero-order valence-corrected chi connectivity index (χ0v) is 15.4. The molecule has 3 rings (SSSR count). The van der Waals surface area contributed by atoms with Gasteiger partial charge in [0.05, 0.1) is 5.69 Å². The van der Waals surface area contributed by atoms with E-state index in [2.05, 4.69) is 11.9 Å². The van der Waals surface area contributed by atoms with Gasteiger partial charge in [-0.25, -0.2) is 9.78 Å². The molecule has 0 aromatic carbocycles. The maximum atomic E-state index is 12.3. The van der Waals surface area contributed by atoms with Gasteiger partial charge in [-0.05, 0) is 43.5 Å². The zero-order chi connectivity index (χ0) is 18.0. The molecule has 130 valence electrons. The Balaban J connectivity index is 1.78. The minimum absolute atomic E-state index is 0.0149. The summed E-state index contributed by atoms with van der Waals surface area (Å²) in [4.78, 5) is 30.6. The van der Waals surface area contributed by atoms with Crippen LogP contribution >= 0.6 is 11.3 Å². The Morgan fingerprint density at radius 3 is 2.88 bits per heavy atom. The van der Waals surface area contributed by atoms with E-state index >= 15 is 0 Å². The fourth-order valence-electron chi connectivity index (χ4n) is 2.73. The lowest BCUT2D eigenvalue weighted by molar-refractivity contribution is 0.0473. The van der Waals surface area contributed by atoms with Gasteiger partial charge in [-0.15, -0.1) is 11.3 Å². The van der Waals surface area contributed by atoms with Gasteiger partial charge in [0.1, 0.15) is 17.1 Å². The van der Waals surface area contributed by atoms with Gasteiger partial charge < -0.3 is 4.74 Å². The summed E-state index contributed by atoms with van der Waals surface area (Å²) >= 11 is 1.44. The van der Waals surface area contributed by atoms with Crippen LogP contribution in [0.25, 0.3) is 5.65 Å². The Hall–Kier alpha value is -2.47. The molecule has 0 amide bonds. The van der Waals surface area contributed by atoms with Crippen molar-refractivity contribution in [1.82, 2.24) is 9.38 Å². The van der Waals surface area contributed by atoms with Crippen molar-refractivity contribution in [2.24, 2.45) is 0 Å². The molecular weight excluding hydrogens is 336 g/mol. The molecule has 3 aromatic heterocycles. The van der Waals surface area contributed by atoms with E-state index in [1.165, 1.54) is 27.4 Å². The van der Waals surface area contributed by atoms with Crippen LogP contribution in [0.3, 0.4) is 0 Å². The van der Waals surface area contributed by atoms with Crippen molar-refractivity contribution < 1.29 is 9.53 Å². The average molecular weight is 356 g/mol. The van der Waals surface area contributed by atoms with E-state index in [1.807, 2.05) is 26.0 Å². The number of aromatic nitrogens is 2. The third-order valence-electron chi connectivity index (χ3n) is 4.03. The molecule has 5 nitrogen and oxygen atoms in total. The van der Waals surface area contributed by atoms with Gasteiger partial charge in [-0.2, -0.15) is 0 Å². The monoisotopic (exact) mass is 356 g/mol. The first-order chi connectivity index (χ1) is 12.0. The van der Waals surface area contributed by atoms with Gasteiger partial charge in [0.25, 0.3) is 5.56 Å². The van der Waals surface area contributed by atoms with Crippen molar-refractivity contribution in [1.29, 1.82) is 0 Å². The first-order valence-electron chi connectivity index (χ1n) is 8.24. The van der Waals surface area contributed by atoms with Crippen LogP contribution < -0.4 is 5.56 Å². The third-order valence-corrected chi connectivity index (χ3v) is 5.10. The minimum atomic E-state index is -0.373. The molecule has 0 unspecified atom stereocenters. The van der Waals surface area contributed by atoms with Crippen molar-refractivity contribution in [3.05, 3.63) is 67.4 Å². The van der Waals surface area contributed by atoms with Gasteiger partial charge in [-0.3, -0.25) is 9.20 Å². The number of carbonyl (C=O) groups is 1. The minimum Gasteiger partial charge on any atom is -0.455 e. The van der Waals surface area contributed by atoms with E-state index in [-0.39, 0.29) is 18.1 Å². The zero-order valence-electron chi connectivity index (χ0n) is 14.5. The predicted octanol–water partition coefficient (Wildman–Crippen LogP) is 3.68. The molecule has 0 bridgehead atoms. The van der Waals surface area contributed by atoms with E-state index < -0.39 is 0 Å². The molecule has 0 aliphatic rings. The fourth-order valence-corrected chi connectivity index (χ4v) is 3.70. The smallest absolute Gasteiger partial charge is 0.348 e. The summed E-state index contributed by atoms with van der Waals surface area (Å²) in [6, 6.07) is 7.00. The largest absolute Gasteiger partial charge is 0.455 e. The van der Waals surface area contributed by atoms with Crippen LogP contribution in [0.15, 0.2) is 35.3 Å². The Morgan fingerprint density at radius 1 is 1.32 bits per heavy atom. The number of aryl methyl sites for hydroxylation is 3. The predicted molar refractivity (Wildman–Crippen MR) is 98.4 cm³/mol. The van der Waals surface area contributed by atoms with Crippen molar-refractivity contribution in [3.8, 4) is 0 Å². The van der Waals surface area contributed by atoms with Crippen LogP contribution in [0.1, 0.15) is 44.7 Å². The van der Waals surface area contributed by atoms with Gasteiger partial charge in [-0.1, -0.05) is 19.4 Å². The van der Waals surface area contributed by atoms with Crippen molar-refractivity contribution in [3.63, 3.8) is 0 Å². The van der Waals surface area contributed by atoms with Crippen LogP contribution in [0.5, 0.6) is 0 Å². The number of hydrogen-bond acceptors (Lipinski definition) is 5. The Kier molecular flexibility index (Phi) is 4.99. The maximum absolute atomic E-state index is 12.3. The Labute approximate surface area is 149 Å². The highest BCUT2D eigenvalue weighted by molar-refractivity contribution is 7.14. The first-order valence-corrected chi connectivity index (χ1v) is 9.05. The summed E-state index contributed by atoms with van der Waals surface area (Å²) in [5.74, 6) is -0.373. The lowest BCUT2D eigenvalue weighted by Crippen LogP contribution is -2.17. The van der Waals surface area contributed by atoms with Gasteiger partial charge in [0.2, 0.25) is 0 Å². The summed E-state index contributed by atoms with van der Waals surface area (Å²) in [5.41, 5.74) is 2.94. The molecule has 0 aliphatic heterocycles. The number of hydrogen-bond donors (Lipinski definition) is 0. The number of carbonyl (C=O) groups excluding carboxylic acids is 1. The van der Waals surface area contributed by atoms with E-state index in [9.17, 15) is 9.59 Å². The quantitative estimate of drug-likeness (QED) is 0.654. The van der Waals surface area contributed by atoms with Gasteiger partial charge in [0.15, 0.2) is 0 Å². The highest BCUT2D eigenvalue weighted by Crippen LogP contribution is 2.23. The van der Waals surface area contributed by atoms with Crippen LogP contribution in [0.4, 0.5) is 0 Å². The lowest BCUT2D eigenvalue weighted by atomic mass is 10.1. The van der Waals surface area contributed by atoms with Crippen LogP contribution in [-0.4, -0.2) is 15.4 Å². The number of nitrogens with zero attached hydrogens (tertiary/aromatic N) is 2. The molecule has 0 fully saturated rings. The molecule has 0 atom stereocenters. The second-order valence-corrected chi connectivity index (χ2v) is 7.25. The molecular formula is C19H20N2O3S. The summed E-state index contributed by atoms with van der Waals surface area (Å²) < 4.78 is 6.85. The van der Waals surface area contributed by atoms with E-state index in [0.717, 1.165) is 23.3 Å². The molecule has 0 radical (unpaired) electrons. The number of fused-ring (bicyclic) bond motifs is 1. The Morgan fingerprint density at radius 2 is 2.12 bits per heavy atom. The molecule has 0 aliphatic carbocycles. The lowest BCUT2D eigenvalue weighted by Gasteiger charge is -2.06. The second-order valence-electron chi connectivity index (χ2n) is 5.99. The standard InChI is InChI=1S/C19H20N2O3S/c1-4-6-14-9-16(25-13(14)3)19(23)24-11-15-10-17(22)21-8-5-7-12(2)18(21)20-15/h5,7-10H,4,6,11H2,1-3H3. The number of rotatable bonds is 5. The topological polar surface area (TPSA) is 60.7 Å². The molecule has 6 heteroatoms. The number of thiophene rings is 1. The number of pyridine rings is 1. The SMILES string of the molecule is CCCc1cc(C(=O)OCc2cc(=O)n3cccc(C)c3n2)sc1C. The average Bonchev–Trinajstić information content (AvgIpc) is 2.95. The second kappa shape index (κ2) is 7.19. The van der Waals surface area contributed by atoms with Gasteiger partial charge in [0, 0.05) is 17.1 Å². The van der Waals surface area contributed by atoms with Crippen molar-refractivity contribution in [2.75, 3.05) is 0 Å². The summed E-state index contributed by atoms with van der Waals surface area (Å²) in [7, 11) is 0. The normalized spacial score (nSPS) is 11.0. The van der Waals surface area contributed by atoms with Gasteiger partial charge >= 0.3 is 5.97 Å². The first kappa shape index (κ1) is 17.4. The number of esters is 1. The van der Waals surface area contributed by atoms with Crippen molar-refractivity contribution >= 4 is 23.0 Å². The number of ether oxygens (including phenoxy) is 1. The van der Waals surface area contributed by atoms with Crippen LogP contribution in [0, 0.1) is 13.8 Å². The van der Waals surface area contributed by atoms with E-state index in [4.69, 9.17) is 4.74 Å². The summed E-state index contributed by atoms with van der Waals surface area (Å²) in [6.45, 7) is 6.00. The molecule has 3 heterocycles.